The van der Waals surface area contributed by atoms with Gasteiger partial charge in [0.05, 0.1) is 62.4 Å². The van der Waals surface area contributed by atoms with E-state index in [0.717, 1.165) is 112 Å². The molecule has 5 rings (SSSR count). The van der Waals surface area contributed by atoms with Gasteiger partial charge in [0.15, 0.2) is 0 Å². The Morgan fingerprint density at radius 2 is 0.770 bits per heavy atom. The topological polar surface area (TPSA) is 183 Å². The lowest BCUT2D eigenvalue weighted by atomic mass is 10.0. The molecule has 0 heterocycles. The van der Waals surface area contributed by atoms with Crippen molar-refractivity contribution < 1.29 is 61.9 Å². The van der Waals surface area contributed by atoms with Crippen LogP contribution in [0.15, 0.2) is 141 Å². The second-order valence-electron chi connectivity index (χ2n) is 17.1. The first kappa shape index (κ1) is 56.7. The minimum absolute atomic E-state index is 0.0445. The van der Waals surface area contributed by atoms with E-state index >= 15 is 0 Å². The molecular formula is C60H65NO13. The van der Waals surface area contributed by atoms with Crippen molar-refractivity contribution in [2.45, 2.75) is 89.9 Å². The van der Waals surface area contributed by atoms with Crippen molar-refractivity contribution in [3.8, 4) is 45.9 Å². The third kappa shape index (κ3) is 20.9. The smallest absolute Gasteiger partial charge is 0.343 e. The number of rotatable bonds is 34. The summed E-state index contributed by atoms with van der Waals surface area (Å²) in [5.41, 5.74) is 3.09. The zero-order valence-corrected chi connectivity index (χ0v) is 41.9. The number of carbonyl (C=O) groups excluding carboxylic acids is 5. The Hall–Kier alpha value is -8.18. The minimum Gasteiger partial charge on any atom is -0.494 e. The van der Waals surface area contributed by atoms with Crippen LogP contribution in [0.1, 0.15) is 127 Å². The first-order valence-corrected chi connectivity index (χ1v) is 25.2. The molecule has 0 aliphatic rings. The fourth-order valence-electron chi connectivity index (χ4n) is 7.30. The van der Waals surface area contributed by atoms with Crippen molar-refractivity contribution in [1.29, 1.82) is 5.26 Å². The standard InChI is InChI=1S/C60H65NO13/c1-3-56(62)70-40-16-11-9-14-38-68-51-31-25-48(26-32-51)58(64)73-53-35-36-55(74-59(65)49-27-33-52(34-28-49)69-39-15-10-12-17-41-71-57(63)4-2)54(43-53)60(66)72-42-18-8-6-5-7-13-37-67-50-29-23-47(24-30-50)46-21-19-45(44-61)20-22-46/h3-4,19-36,43H,1-2,5-18,37-42H2. The van der Waals surface area contributed by atoms with Crippen molar-refractivity contribution in [3.63, 3.8) is 0 Å². The highest BCUT2D eigenvalue weighted by molar-refractivity contribution is 5.97. The van der Waals surface area contributed by atoms with E-state index in [-0.39, 0.29) is 34.8 Å². The zero-order chi connectivity index (χ0) is 52.6. The maximum atomic E-state index is 13.6. The fraction of sp³-hybridized carbons (Fsp3) is 0.333. The number of esters is 5. The zero-order valence-electron chi connectivity index (χ0n) is 41.9. The summed E-state index contributed by atoms with van der Waals surface area (Å²) in [6, 6.07) is 34.6. The van der Waals surface area contributed by atoms with Crippen LogP contribution in [-0.2, 0) is 23.8 Å². The second-order valence-corrected chi connectivity index (χ2v) is 17.1. The van der Waals surface area contributed by atoms with Gasteiger partial charge in [0.1, 0.15) is 34.3 Å². The van der Waals surface area contributed by atoms with Crippen molar-refractivity contribution in [1.82, 2.24) is 0 Å². The molecule has 0 aliphatic heterocycles. The molecule has 0 radical (unpaired) electrons. The number of nitrogens with zero attached hydrogens (tertiary/aromatic N) is 1. The predicted octanol–water partition coefficient (Wildman–Crippen LogP) is 12.6. The first-order valence-electron chi connectivity index (χ1n) is 25.2. The van der Waals surface area contributed by atoms with E-state index in [2.05, 4.69) is 19.2 Å². The van der Waals surface area contributed by atoms with Gasteiger partial charge in [-0.25, -0.2) is 24.0 Å². The summed E-state index contributed by atoms with van der Waals surface area (Å²) < 4.78 is 44.6. The van der Waals surface area contributed by atoms with Crippen molar-refractivity contribution in [2.24, 2.45) is 0 Å². The molecule has 0 spiro atoms. The monoisotopic (exact) mass is 1010 g/mol. The van der Waals surface area contributed by atoms with E-state index in [1.165, 1.54) is 18.2 Å². The van der Waals surface area contributed by atoms with Crippen LogP contribution in [0, 0.1) is 11.3 Å². The molecule has 0 aliphatic carbocycles. The molecule has 0 bridgehead atoms. The highest BCUT2D eigenvalue weighted by Gasteiger charge is 2.21. The number of hydrogen-bond acceptors (Lipinski definition) is 14. The largest absolute Gasteiger partial charge is 0.494 e. The summed E-state index contributed by atoms with van der Waals surface area (Å²) in [5.74, 6) is -1.07. The molecule has 74 heavy (non-hydrogen) atoms. The van der Waals surface area contributed by atoms with Crippen LogP contribution >= 0.6 is 0 Å². The summed E-state index contributed by atoms with van der Waals surface area (Å²) >= 11 is 0. The Kier molecular flexibility index (Phi) is 25.1. The highest BCUT2D eigenvalue weighted by Crippen LogP contribution is 2.28. The molecule has 0 amide bonds. The molecule has 388 valence electrons. The van der Waals surface area contributed by atoms with E-state index < -0.39 is 29.8 Å². The van der Waals surface area contributed by atoms with E-state index in [4.69, 9.17) is 43.2 Å². The molecule has 5 aromatic rings. The molecule has 0 saturated heterocycles. The van der Waals surface area contributed by atoms with Gasteiger partial charge in [0, 0.05) is 12.2 Å². The van der Waals surface area contributed by atoms with E-state index in [1.54, 1.807) is 60.7 Å². The molecule has 14 heteroatoms. The van der Waals surface area contributed by atoms with Gasteiger partial charge in [-0.05, 0) is 166 Å². The van der Waals surface area contributed by atoms with E-state index in [1.807, 2.05) is 36.4 Å². The number of hydrogen-bond donors (Lipinski definition) is 0. The molecule has 0 saturated carbocycles. The third-order valence-electron chi connectivity index (χ3n) is 11.4. The number of ether oxygens (including phenoxy) is 8. The van der Waals surface area contributed by atoms with Crippen LogP contribution in [0.2, 0.25) is 0 Å². The molecule has 0 atom stereocenters. The van der Waals surface area contributed by atoms with Gasteiger partial charge >= 0.3 is 29.8 Å². The molecule has 0 fully saturated rings. The predicted molar refractivity (Wildman–Crippen MR) is 280 cm³/mol. The number of benzene rings is 5. The maximum absolute atomic E-state index is 13.6. The van der Waals surface area contributed by atoms with Gasteiger partial charge in [0.2, 0.25) is 0 Å². The number of unbranched alkanes of at least 4 members (excludes halogenated alkanes) is 11. The average molecular weight is 1010 g/mol. The molecule has 5 aromatic carbocycles. The Balaban J connectivity index is 1.08. The normalized spacial score (nSPS) is 10.5. The average Bonchev–Trinajstić information content (AvgIpc) is 3.43. The van der Waals surface area contributed by atoms with Crippen LogP contribution < -0.4 is 23.7 Å². The van der Waals surface area contributed by atoms with Crippen LogP contribution in [-0.4, -0.2) is 69.5 Å². The van der Waals surface area contributed by atoms with Gasteiger partial charge in [-0.3, -0.25) is 0 Å². The first-order chi connectivity index (χ1) is 36.1. The Labute approximate surface area is 433 Å². The lowest BCUT2D eigenvalue weighted by Gasteiger charge is -2.13. The molecule has 14 nitrogen and oxygen atoms in total. The SMILES string of the molecule is C=CC(=O)OCCCCCCOc1ccc(C(=O)Oc2ccc(OC(=O)c3ccc(OCCCCCCOC(=O)C=C)cc3)c(C(=O)OCCCCCCCCOc3ccc(-c4ccc(C#N)cc4)cc3)c2)cc1. The fourth-order valence-corrected chi connectivity index (χ4v) is 7.30. The van der Waals surface area contributed by atoms with Gasteiger partial charge in [-0.2, -0.15) is 5.26 Å². The van der Waals surface area contributed by atoms with Crippen molar-refractivity contribution in [2.75, 3.05) is 39.6 Å². The second kappa shape index (κ2) is 32.7. The number of carbonyl (C=O) groups is 5. The molecule has 0 N–H and O–H groups in total. The molecule has 0 unspecified atom stereocenters. The molecule has 0 aromatic heterocycles. The Morgan fingerprint density at radius 1 is 0.405 bits per heavy atom. The van der Waals surface area contributed by atoms with Crippen molar-refractivity contribution >= 4 is 29.8 Å². The summed E-state index contributed by atoms with van der Waals surface area (Å²) in [6.07, 6.45) is 14.2. The van der Waals surface area contributed by atoms with Gasteiger partial charge in [-0.1, -0.05) is 63.1 Å². The van der Waals surface area contributed by atoms with Crippen LogP contribution in [0.25, 0.3) is 11.1 Å². The minimum atomic E-state index is -0.744. The van der Waals surface area contributed by atoms with Gasteiger partial charge < -0.3 is 37.9 Å². The Bertz CT molecular complexity index is 2600. The van der Waals surface area contributed by atoms with Crippen LogP contribution in [0.5, 0.6) is 28.7 Å². The maximum Gasteiger partial charge on any atom is 0.343 e. The lowest BCUT2D eigenvalue weighted by molar-refractivity contribution is -0.138. The quantitative estimate of drug-likeness (QED) is 0.0125. The third-order valence-corrected chi connectivity index (χ3v) is 11.4. The number of nitriles is 1. The van der Waals surface area contributed by atoms with E-state index in [0.29, 0.717) is 56.5 Å². The van der Waals surface area contributed by atoms with Gasteiger partial charge in [0.25, 0.3) is 0 Å². The van der Waals surface area contributed by atoms with Crippen LogP contribution in [0.3, 0.4) is 0 Å². The van der Waals surface area contributed by atoms with E-state index in [9.17, 15) is 24.0 Å². The lowest BCUT2D eigenvalue weighted by Crippen LogP contribution is -2.14. The molecular weight excluding hydrogens is 943 g/mol. The summed E-state index contributed by atoms with van der Waals surface area (Å²) in [5, 5.41) is 9.04. The van der Waals surface area contributed by atoms with Crippen LogP contribution in [0.4, 0.5) is 0 Å². The summed E-state index contributed by atoms with van der Waals surface area (Å²) in [7, 11) is 0. The van der Waals surface area contributed by atoms with Crippen molar-refractivity contribution in [3.05, 3.63) is 163 Å². The highest BCUT2D eigenvalue weighted by atomic mass is 16.6. The van der Waals surface area contributed by atoms with Gasteiger partial charge in [-0.15, -0.1) is 0 Å². The Morgan fingerprint density at radius 3 is 1.20 bits per heavy atom. The summed E-state index contributed by atoms with van der Waals surface area (Å²) in [6.45, 7) is 9.13. The summed E-state index contributed by atoms with van der Waals surface area (Å²) in [4.78, 5) is 62.5.